The van der Waals surface area contributed by atoms with Crippen LogP contribution in [0.1, 0.15) is 18.5 Å². The summed E-state index contributed by atoms with van der Waals surface area (Å²) < 4.78 is 1.15. The second kappa shape index (κ2) is 6.29. The van der Waals surface area contributed by atoms with Gasteiger partial charge < -0.3 is 5.32 Å². The van der Waals surface area contributed by atoms with Gasteiger partial charge in [-0.2, -0.15) is 0 Å². The Balaban J connectivity index is 2.08. The van der Waals surface area contributed by atoms with Gasteiger partial charge in [-0.1, -0.05) is 29.8 Å². The summed E-state index contributed by atoms with van der Waals surface area (Å²) in [5, 5.41) is 14.9. The molecule has 0 fully saturated rings. The molecule has 1 unspecified atom stereocenters. The number of nitrogens with one attached hydrogen (secondary N) is 1. The number of benzene rings is 1. The van der Waals surface area contributed by atoms with Crippen molar-refractivity contribution in [2.75, 3.05) is 5.32 Å². The van der Waals surface area contributed by atoms with Crippen molar-refractivity contribution in [2.24, 2.45) is 0 Å². The quantitative estimate of drug-likeness (QED) is 0.578. The summed E-state index contributed by atoms with van der Waals surface area (Å²) in [6, 6.07) is 11.7. The van der Waals surface area contributed by atoms with Crippen molar-refractivity contribution in [2.45, 2.75) is 13.0 Å². The SMILES string of the molecule is CC(Nc1nc2ccccn2c(=O)c1[N+](=O)[O-])c1ccc(Cl)cc1. The lowest BCUT2D eigenvalue weighted by molar-refractivity contribution is -0.385. The van der Waals surface area contributed by atoms with Crippen molar-refractivity contribution in [3.8, 4) is 0 Å². The molecule has 0 aliphatic heterocycles. The molecule has 0 saturated carbocycles. The first-order valence-electron chi connectivity index (χ1n) is 7.15. The number of nitro groups is 1. The summed E-state index contributed by atoms with van der Waals surface area (Å²) in [6.45, 7) is 1.82. The molecule has 8 heteroatoms. The predicted octanol–water partition coefficient (Wildman–Crippen LogP) is 3.43. The van der Waals surface area contributed by atoms with Crippen molar-refractivity contribution >= 4 is 28.8 Å². The van der Waals surface area contributed by atoms with E-state index in [0.29, 0.717) is 10.7 Å². The van der Waals surface area contributed by atoms with Gasteiger partial charge in [0.15, 0.2) is 0 Å². The minimum atomic E-state index is -0.726. The van der Waals surface area contributed by atoms with Gasteiger partial charge in [-0.3, -0.25) is 19.3 Å². The minimum absolute atomic E-state index is 0.0568. The van der Waals surface area contributed by atoms with Crippen LogP contribution in [0.3, 0.4) is 0 Å². The van der Waals surface area contributed by atoms with E-state index in [1.54, 1.807) is 42.5 Å². The highest BCUT2D eigenvalue weighted by Gasteiger charge is 2.24. The third-order valence-corrected chi connectivity index (χ3v) is 3.87. The molecule has 0 aliphatic carbocycles. The monoisotopic (exact) mass is 344 g/mol. The number of fused-ring (bicyclic) bond motifs is 1. The Morgan fingerprint density at radius 2 is 1.96 bits per heavy atom. The number of hydrogen-bond donors (Lipinski definition) is 1. The molecule has 0 saturated heterocycles. The van der Waals surface area contributed by atoms with Crippen LogP contribution in [0.2, 0.25) is 5.02 Å². The van der Waals surface area contributed by atoms with Crippen LogP contribution in [0, 0.1) is 10.1 Å². The number of anilines is 1. The molecular weight excluding hydrogens is 332 g/mol. The first-order valence-corrected chi connectivity index (χ1v) is 7.53. The van der Waals surface area contributed by atoms with Crippen molar-refractivity contribution in [3.05, 3.63) is 79.7 Å². The van der Waals surface area contributed by atoms with Crippen LogP contribution in [0.4, 0.5) is 11.5 Å². The molecule has 3 aromatic rings. The van der Waals surface area contributed by atoms with Crippen LogP contribution in [-0.4, -0.2) is 14.3 Å². The van der Waals surface area contributed by atoms with Gasteiger partial charge in [0, 0.05) is 11.2 Å². The smallest absolute Gasteiger partial charge is 0.358 e. The fourth-order valence-electron chi connectivity index (χ4n) is 2.38. The molecular formula is C16H13ClN4O3. The summed E-state index contributed by atoms with van der Waals surface area (Å²) in [4.78, 5) is 27.2. The molecule has 1 atom stereocenters. The van der Waals surface area contributed by atoms with Crippen LogP contribution >= 0.6 is 11.6 Å². The zero-order chi connectivity index (χ0) is 17.3. The van der Waals surface area contributed by atoms with Gasteiger partial charge >= 0.3 is 11.2 Å². The van der Waals surface area contributed by atoms with Gasteiger partial charge in [0.25, 0.3) is 0 Å². The molecule has 0 amide bonds. The highest BCUT2D eigenvalue weighted by atomic mass is 35.5. The van der Waals surface area contributed by atoms with E-state index in [1.165, 1.54) is 6.20 Å². The van der Waals surface area contributed by atoms with Crippen LogP contribution in [0.15, 0.2) is 53.5 Å². The van der Waals surface area contributed by atoms with Crippen LogP contribution in [-0.2, 0) is 0 Å². The summed E-state index contributed by atoms with van der Waals surface area (Å²) in [5.41, 5.74) is -0.112. The van der Waals surface area contributed by atoms with E-state index in [-0.39, 0.29) is 11.9 Å². The van der Waals surface area contributed by atoms with Gasteiger partial charge in [-0.15, -0.1) is 0 Å². The fourth-order valence-corrected chi connectivity index (χ4v) is 2.51. The van der Waals surface area contributed by atoms with Crippen LogP contribution in [0.25, 0.3) is 5.65 Å². The van der Waals surface area contributed by atoms with Crippen molar-refractivity contribution < 1.29 is 4.92 Å². The van der Waals surface area contributed by atoms with Gasteiger partial charge in [0.2, 0.25) is 5.82 Å². The Bertz CT molecular complexity index is 969. The van der Waals surface area contributed by atoms with E-state index < -0.39 is 16.2 Å². The Hall–Kier alpha value is -2.93. The number of hydrogen-bond acceptors (Lipinski definition) is 5. The molecule has 2 aromatic heterocycles. The number of aromatic nitrogens is 2. The predicted molar refractivity (Wildman–Crippen MR) is 91.6 cm³/mol. The lowest BCUT2D eigenvalue weighted by Gasteiger charge is -2.15. The van der Waals surface area contributed by atoms with Crippen molar-refractivity contribution in [1.29, 1.82) is 0 Å². The lowest BCUT2D eigenvalue weighted by Crippen LogP contribution is -2.22. The number of pyridine rings is 1. The molecule has 0 radical (unpaired) electrons. The largest absolute Gasteiger partial charge is 0.376 e. The highest BCUT2D eigenvalue weighted by Crippen LogP contribution is 2.24. The molecule has 3 rings (SSSR count). The molecule has 7 nitrogen and oxygen atoms in total. The van der Waals surface area contributed by atoms with Gasteiger partial charge in [0.1, 0.15) is 5.65 Å². The summed E-state index contributed by atoms with van der Waals surface area (Å²) in [5.74, 6) is -0.0568. The maximum atomic E-state index is 12.4. The minimum Gasteiger partial charge on any atom is -0.358 e. The maximum absolute atomic E-state index is 12.4. The van der Waals surface area contributed by atoms with Crippen molar-refractivity contribution in [3.63, 3.8) is 0 Å². The molecule has 0 aliphatic rings. The second-order valence-electron chi connectivity index (χ2n) is 5.22. The van der Waals surface area contributed by atoms with E-state index in [2.05, 4.69) is 10.3 Å². The number of nitrogens with zero attached hydrogens (tertiary/aromatic N) is 3. The summed E-state index contributed by atoms with van der Waals surface area (Å²) >= 11 is 5.86. The normalized spacial score (nSPS) is 12.1. The number of rotatable bonds is 4. The summed E-state index contributed by atoms with van der Waals surface area (Å²) in [7, 11) is 0. The van der Waals surface area contributed by atoms with E-state index in [4.69, 9.17) is 11.6 Å². The van der Waals surface area contributed by atoms with E-state index in [1.807, 2.05) is 6.92 Å². The van der Waals surface area contributed by atoms with Gasteiger partial charge in [-0.25, -0.2) is 4.98 Å². The second-order valence-corrected chi connectivity index (χ2v) is 5.65. The summed E-state index contributed by atoms with van der Waals surface area (Å²) in [6.07, 6.45) is 1.45. The molecule has 1 N–H and O–H groups in total. The van der Waals surface area contributed by atoms with Gasteiger partial charge in [-0.05, 0) is 36.8 Å². The average molecular weight is 345 g/mol. The Kier molecular flexibility index (Phi) is 4.18. The molecule has 24 heavy (non-hydrogen) atoms. The van der Waals surface area contributed by atoms with E-state index >= 15 is 0 Å². The van der Waals surface area contributed by atoms with Gasteiger partial charge in [0.05, 0.1) is 11.0 Å². The first kappa shape index (κ1) is 15.9. The average Bonchev–Trinajstić information content (AvgIpc) is 2.55. The third kappa shape index (κ3) is 2.93. The Labute approximate surface area is 141 Å². The fraction of sp³-hybridized carbons (Fsp3) is 0.125. The lowest BCUT2D eigenvalue weighted by atomic mass is 10.1. The molecule has 1 aromatic carbocycles. The van der Waals surface area contributed by atoms with Crippen LogP contribution < -0.4 is 10.9 Å². The zero-order valence-corrected chi connectivity index (χ0v) is 13.4. The van der Waals surface area contributed by atoms with Crippen LogP contribution in [0.5, 0.6) is 0 Å². The number of halogens is 1. The standard InChI is InChI=1S/C16H13ClN4O3/c1-10(11-5-7-12(17)8-6-11)18-15-14(21(23)24)16(22)20-9-3-2-4-13(20)19-15/h2-10,18H,1H3. The Morgan fingerprint density at radius 3 is 2.62 bits per heavy atom. The van der Waals surface area contributed by atoms with Crippen molar-refractivity contribution in [1.82, 2.24) is 9.38 Å². The molecule has 0 bridgehead atoms. The zero-order valence-electron chi connectivity index (χ0n) is 12.6. The molecule has 2 heterocycles. The third-order valence-electron chi connectivity index (χ3n) is 3.62. The topological polar surface area (TPSA) is 89.5 Å². The first-order chi connectivity index (χ1) is 11.5. The molecule has 0 spiro atoms. The maximum Gasteiger partial charge on any atom is 0.376 e. The Morgan fingerprint density at radius 1 is 1.25 bits per heavy atom. The van der Waals surface area contributed by atoms with E-state index in [9.17, 15) is 14.9 Å². The molecule has 122 valence electrons. The highest BCUT2D eigenvalue weighted by molar-refractivity contribution is 6.30. The van der Waals surface area contributed by atoms with E-state index in [0.717, 1.165) is 9.96 Å².